The first-order chi connectivity index (χ1) is 8.92. The first-order valence-electron chi connectivity index (χ1n) is 5.69. The Hall–Kier alpha value is -1.58. The molecule has 0 aromatic carbocycles. The number of carbonyl (C=O) groups is 2. The molecule has 108 valence electrons. The fraction of sp³-hybridized carbons (Fsp3) is 0.333. The molecule has 1 atom stereocenters. The Labute approximate surface area is 117 Å². The predicted molar refractivity (Wildman–Crippen MR) is 77.6 cm³/mol. The van der Waals surface area contributed by atoms with E-state index in [1.54, 1.807) is 19.8 Å². The van der Waals surface area contributed by atoms with E-state index in [-0.39, 0.29) is 6.61 Å². The zero-order chi connectivity index (χ0) is 15.7. The van der Waals surface area contributed by atoms with Gasteiger partial charge in [0, 0.05) is 12.2 Å². The summed E-state index contributed by atoms with van der Waals surface area (Å²) >= 11 is 0. The van der Waals surface area contributed by atoms with Gasteiger partial charge in [0.2, 0.25) is 0 Å². The van der Waals surface area contributed by atoms with Gasteiger partial charge in [-0.15, -0.1) is 0 Å². The zero-order valence-electron chi connectivity index (χ0n) is 12.1. The smallest absolute Gasteiger partial charge is 0.330 e. The average molecular weight is 268 g/mol. The lowest BCUT2D eigenvalue weighted by atomic mass is 10.4. The molecule has 0 saturated heterocycles. The molecule has 0 spiro atoms. The van der Waals surface area contributed by atoms with Crippen LogP contribution in [0.2, 0.25) is 0 Å². The maximum Gasteiger partial charge on any atom is 0.330 e. The fourth-order valence-corrected chi connectivity index (χ4v) is 0.539. The van der Waals surface area contributed by atoms with Gasteiger partial charge in [-0.3, -0.25) is 0 Å². The Morgan fingerprint density at radius 3 is 1.74 bits per heavy atom. The van der Waals surface area contributed by atoms with Crippen molar-refractivity contribution in [3.8, 4) is 0 Å². The van der Waals surface area contributed by atoms with Crippen LogP contribution in [0.4, 0.5) is 0 Å². The lowest BCUT2D eigenvalue weighted by molar-refractivity contribution is -0.151. The van der Waals surface area contributed by atoms with Crippen LogP contribution in [0.5, 0.6) is 0 Å². The number of hydrogen-bond donors (Lipinski definition) is 0. The van der Waals surface area contributed by atoms with E-state index < -0.39 is 18.0 Å². The number of ether oxygens (including phenoxy) is 2. The fourth-order valence-electron chi connectivity index (χ4n) is 0.539. The minimum Gasteiger partial charge on any atom is -0.459 e. The molecule has 4 radical (unpaired) electrons. The minimum absolute atomic E-state index is 0.0183. The van der Waals surface area contributed by atoms with Crippen molar-refractivity contribution >= 4 is 11.9 Å². The first-order valence-corrected chi connectivity index (χ1v) is 5.69. The van der Waals surface area contributed by atoms with Crippen molar-refractivity contribution < 1.29 is 19.1 Å². The van der Waals surface area contributed by atoms with E-state index >= 15 is 0 Å². The lowest BCUT2D eigenvalue weighted by Crippen LogP contribution is -2.20. The van der Waals surface area contributed by atoms with Gasteiger partial charge in [-0.2, -0.15) is 0 Å². The van der Waals surface area contributed by atoms with E-state index in [1.807, 2.05) is 13.8 Å². The van der Waals surface area contributed by atoms with Gasteiger partial charge >= 0.3 is 11.9 Å². The van der Waals surface area contributed by atoms with Gasteiger partial charge < -0.3 is 9.47 Å². The van der Waals surface area contributed by atoms with Gasteiger partial charge in [0.25, 0.3) is 0 Å². The summed E-state index contributed by atoms with van der Waals surface area (Å²) in [5.41, 5.74) is 0. The number of carbonyl (C=O) groups excluding carboxylic acids is 2. The van der Waals surface area contributed by atoms with Crippen molar-refractivity contribution in [3.05, 3.63) is 52.0 Å². The second-order valence-electron chi connectivity index (χ2n) is 3.10. The molecule has 0 saturated carbocycles. The number of esters is 2. The van der Waals surface area contributed by atoms with Crippen LogP contribution in [0.1, 0.15) is 20.8 Å². The van der Waals surface area contributed by atoms with Crippen LogP contribution < -0.4 is 0 Å². The van der Waals surface area contributed by atoms with Gasteiger partial charge in [0.15, 0.2) is 0 Å². The Morgan fingerprint density at radius 1 is 1.05 bits per heavy atom. The molecular weight excluding hydrogens is 244 g/mol. The van der Waals surface area contributed by atoms with Gasteiger partial charge in [0.1, 0.15) is 12.7 Å². The molecule has 0 fully saturated rings. The molecule has 19 heavy (non-hydrogen) atoms. The van der Waals surface area contributed by atoms with Crippen LogP contribution in [0.25, 0.3) is 0 Å². The van der Waals surface area contributed by atoms with Crippen molar-refractivity contribution in [2.24, 2.45) is 0 Å². The summed E-state index contributed by atoms with van der Waals surface area (Å²) in [4.78, 5) is 21.2. The molecule has 0 aromatic rings. The van der Waals surface area contributed by atoms with Gasteiger partial charge in [-0.25, -0.2) is 9.59 Å². The highest BCUT2D eigenvalue weighted by atomic mass is 16.6. The van der Waals surface area contributed by atoms with Crippen LogP contribution in [-0.4, -0.2) is 24.6 Å². The number of rotatable bonds is 5. The van der Waals surface area contributed by atoms with Gasteiger partial charge in [0.05, 0.1) is 0 Å². The summed E-state index contributed by atoms with van der Waals surface area (Å²) in [5.74, 6) is -1.08. The normalized spacial score (nSPS) is 9.53. The average Bonchev–Trinajstić information content (AvgIpc) is 2.37. The molecule has 0 rings (SSSR count). The summed E-state index contributed by atoms with van der Waals surface area (Å²) in [7, 11) is 0. The van der Waals surface area contributed by atoms with Crippen LogP contribution >= 0.6 is 0 Å². The topological polar surface area (TPSA) is 52.6 Å². The highest BCUT2D eigenvalue weighted by molar-refractivity contribution is 5.82. The molecule has 0 aliphatic rings. The molecule has 0 heterocycles. The van der Waals surface area contributed by atoms with Crippen LogP contribution in [-0.2, 0) is 19.1 Å². The maximum absolute atomic E-state index is 10.6. The monoisotopic (exact) mass is 268 g/mol. The Kier molecular flexibility index (Phi) is 22.3. The second-order valence-corrected chi connectivity index (χ2v) is 3.10. The van der Waals surface area contributed by atoms with Crippen molar-refractivity contribution in [1.29, 1.82) is 0 Å². The summed E-state index contributed by atoms with van der Waals surface area (Å²) in [5, 5.41) is 0. The lowest BCUT2D eigenvalue weighted by Gasteiger charge is -2.10. The van der Waals surface area contributed by atoms with Crippen molar-refractivity contribution in [3.63, 3.8) is 0 Å². The molecular formula is C15H24O4. The largest absolute Gasteiger partial charge is 0.459 e. The predicted octanol–water partition coefficient (Wildman–Crippen LogP) is 2.92. The number of hydrogen-bond acceptors (Lipinski definition) is 4. The van der Waals surface area contributed by atoms with Crippen LogP contribution in [0.15, 0.2) is 25.3 Å². The summed E-state index contributed by atoms with van der Waals surface area (Å²) in [6.07, 6.45) is 5.11. The highest BCUT2D eigenvalue weighted by Crippen LogP contribution is 1.94. The van der Waals surface area contributed by atoms with Crippen molar-refractivity contribution in [2.45, 2.75) is 26.9 Å². The van der Waals surface area contributed by atoms with E-state index in [2.05, 4.69) is 31.7 Å². The summed E-state index contributed by atoms with van der Waals surface area (Å²) in [6.45, 7) is 18.6. The van der Waals surface area contributed by atoms with Gasteiger partial charge in [-0.1, -0.05) is 40.9 Å². The maximum atomic E-state index is 10.6. The Morgan fingerprint density at radius 2 is 1.42 bits per heavy atom. The molecule has 4 nitrogen and oxygen atoms in total. The second kappa shape index (κ2) is 18.8. The molecule has 0 N–H and O–H groups in total. The first kappa shape index (κ1) is 22.6. The Balaban J connectivity index is -0.000000360. The Bertz CT molecular complexity index is 245. The standard InChI is InChI=1S/C9H12O4.2C3H6/c1-4-8(10)12-6-7(3)13-9(11)5-2;2*1-3-2/h4-5,7H,1-2,6H2,3H3;2*3H,1H2,2H3. The van der Waals surface area contributed by atoms with E-state index in [9.17, 15) is 9.59 Å². The molecule has 0 aliphatic heterocycles. The van der Waals surface area contributed by atoms with E-state index in [4.69, 9.17) is 4.74 Å². The SMILES string of the molecule is C=CC(=O)OCC(C)OC(=O)C=C.[CH2][CH]C.[CH2][CH]C. The van der Waals surface area contributed by atoms with Crippen LogP contribution in [0.3, 0.4) is 0 Å². The molecule has 0 aliphatic carbocycles. The van der Waals surface area contributed by atoms with E-state index in [0.29, 0.717) is 0 Å². The van der Waals surface area contributed by atoms with E-state index in [0.717, 1.165) is 12.2 Å². The summed E-state index contributed by atoms with van der Waals surface area (Å²) < 4.78 is 9.36. The van der Waals surface area contributed by atoms with Crippen molar-refractivity contribution in [1.82, 2.24) is 0 Å². The summed E-state index contributed by atoms with van der Waals surface area (Å²) in [6, 6.07) is 0. The highest BCUT2D eigenvalue weighted by Gasteiger charge is 2.07. The minimum atomic E-state index is -0.540. The molecule has 4 heteroatoms. The van der Waals surface area contributed by atoms with Crippen LogP contribution in [0, 0.1) is 26.7 Å². The van der Waals surface area contributed by atoms with E-state index in [1.165, 1.54) is 0 Å². The molecule has 0 amide bonds. The van der Waals surface area contributed by atoms with Gasteiger partial charge in [-0.05, 0) is 19.8 Å². The third-order valence-electron chi connectivity index (χ3n) is 1.11. The molecule has 1 unspecified atom stereocenters. The van der Waals surface area contributed by atoms with Crippen molar-refractivity contribution in [2.75, 3.05) is 6.61 Å². The third kappa shape index (κ3) is 26.2. The zero-order valence-corrected chi connectivity index (χ0v) is 12.1. The third-order valence-corrected chi connectivity index (χ3v) is 1.11. The quantitative estimate of drug-likeness (QED) is 0.568. The molecule has 0 aromatic heterocycles. The molecule has 0 bridgehead atoms.